The van der Waals surface area contributed by atoms with Crippen molar-refractivity contribution in [2.75, 3.05) is 32.5 Å². The van der Waals surface area contributed by atoms with Gasteiger partial charge < -0.3 is 16.0 Å². The van der Waals surface area contributed by atoms with Gasteiger partial charge in [-0.15, -0.1) is 0 Å². The van der Waals surface area contributed by atoms with E-state index in [0.29, 0.717) is 0 Å². The molecule has 0 unspecified atom stereocenters. The summed E-state index contributed by atoms with van der Waals surface area (Å²) in [5, 5.41) is 8.79. The number of nitrogens with zero attached hydrogens (tertiary/aromatic N) is 4. The lowest BCUT2D eigenvalue weighted by Gasteiger charge is -2.17. The van der Waals surface area contributed by atoms with Crippen molar-refractivity contribution in [2.45, 2.75) is 16.3 Å². The number of likely N-dealkylation sites (N-methyl/N-ethyl adjacent to an activating group) is 1. The molecule has 3 aromatic rings. The van der Waals surface area contributed by atoms with E-state index in [1.54, 1.807) is 18.0 Å². The first kappa shape index (κ1) is 17.0. The molecule has 2 aromatic heterocycles. The highest BCUT2D eigenvalue weighted by Gasteiger charge is 2.27. The van der Waals surface area contributed by atoms with Crippen molar-refractivity contribution in [3.8, 4) is 11.4 Å². The summed E-state index contributed by atoms with van der Waals surface area (Å²) in [6.07, 6.45) is 1.79. The molecule has 0 fully saturated rings. The highest BCUT2D eigenvalue weighted by atomic mass is 32.2. The van der Waals surface area contributed by atoms with Crippen molar-refractivity contribution in [1.82, 2.24) is 19.7 Å². The van der Waals surface area contributed by atoms with Gasteiger partial charge in [0.15, 0.2) is 0 Å². The Morgan fingerprint density at radius 3 is 2.92 bits per heavy atom. The Morgan fingerprint density at radius 2 is 2.15 bits per heavy atom. The molecule has 134 valence electrons. The predicted octanol–water partition coefficient (Wildman–Crippen LogP) is 2.02. The summed E-state index contributed by atoms with van der Waals surface area (Å²) in [4.78, 5) is 20.5. The number of carbonyl (C=O) groups is 1. The third-order valence-corrected chi connectivity index (χ3v) is 5.47. The number of anilines is 1. The number of fused-ring (bicyclic) bond motifs is 2. The number of hydrogen-bond donors (Lipinski definition) is 2. The first-order valence-electron chi connectivity index (χ1n) is 8.40. The lowest BCUT2D eigenvalue weighted by molar-refractivity contribution is -0.114. The fraction of sp³-hybridized carbons (Fsp3) is 0.278. The van der Waals surface area contributed by atoms with Gasteiger partial charge >= 0.3 is 0 Å². The van der Waals surface area contributed by atoms with Crippen LogP contribution in [-0.2, 0) is 11.3 Å². The number of benzene rings is 1. The standard InChI is InChI=1S/C18H20N6OS/c1-23(2)8-9-24-12-6-5-11(21-14(25)10-19)18-15(12)17(22-24)16-13(26-18)4-3-7-20-16/h3-7H,8-10,19H2,1-2H3,(H,21,25). The van der Waals surface area contributed by atoms with Crippen LogP contribution in [0.3, 0.4) is 0 Å². The molecule has 0 spiro atoms. The third-order valence-electron chi connectivity index (χ3n) is 4.30. The second kappa shape index (κ2) is 6.71. The van der Waals surface area contributed by atoms with Gasteiger partial charge in [-0.25, -0.2) is 0 Å². The maximum Gasteiger partial charge on any atom is 0.238 e. The fourth-order valence-corrected chi connectivity index (χ4v) is 4.18. The molecule has 1 aliphatic rings. The summed E-state index contributed by atoms with van der Waals surface area (Å²) in [6.45, 7) is 1.62. The number of nitrogens with one attached hydrogen (secondary N) is 1. The summed E-state index contributed by atoms with van der Waals surface area (Å²) in [5.74, 6) is -0.209. The number of rotatable bonds is 5. The zero-order valence-electron chi connectivity index (χ0n) is 14.7. The summed E-state index contributed by atoms with van der Waals surface area (Å²) in [7, 11) is 4.09. The first-order valence-corrected chi connectivity index (χ1v) is 9.21. The van der Waals surface area contributed by atoms with E-state index >= 15 is 0 Å². The van der Waals surface area contributed by atoms with Crippen molar-refractivity contribution < 1.29 is 4.79 Å². The molecule has 0 atom stereocenters. The molecule has 3 heterocycles. The number of nitrogens with two attached hydrogens (primary N) is 1. The van der Waals surface area contributed by atoms with Crippen LogP contribution in [0.2, 0.25) is 0 Å². The predicted molar refractivity (Wildman–Crippen MR) is 103 cm³/mol. The minimum Gasteiger partial charge on any atom is -0.324 e. The lowest BCUT2D eigenvalue weighted by Crippen LogP contribution is -2.22. The van der Waals surface area contributed by atoms with Gasteiger partial charge in [0.1, 0.15) is 11.4 Å². The van der Waals surface area contributed by atoms with Crippen LogP contribution in [0.15, 0.2) is 40.3 Å². The van der Waals surface area contributed by atoms with E-state index in [1.807, 2.05) is 43.0 Å². The topological polar surface area (TPSA) is 89.1 Å². The summed E-state index contributed by atoms with van der Waals surface area (Å²) >= 11 is 1.61. The summed E-state index contributed by atoms with van der Waals surface area (Å²) in [6, 6.07) is 7.88. The lowest BCUT2D eigenvalue weighted by atomic mass is 10.1. The van der Waals surface area contributed by atoms with Crippen molar-refractivity contribution in [2.24, 2.45) is 5.73 Å². The first-order chi connectivity index (χ1) is 12.6. The molecular formula is C18H20N6OS. The molecule has 0 aliphatic carbocycles. The van der Waals surface area contributed by atoms with Gasteiger partial charge in [-0.2, -0.15) is 5.10 Å². The average Bonchev–Trinajstić information content (AvgIpc) is 3.02. The van der Waals surface area contributed by atoms with E-state index in [2.05, 4.69) is 15.2 Å². The Hall–Kier alpha value is -2.42. The molecule has 1 aromatic carbocycles. The van der Waals surface area contributed by atoms with E-state index in [1.165, 1.54) is 0 Å². The molecule has 0 bridgehead atoms. The number of hydrogen-bond acceptors (Lipinski definition) is 6. The number of amides is 1. The molecule has 26 heavy (non-hydrogen) atoms. The van der Waals surface area contributed by atoms with Crippen LogP contribution in [0.1, 0.15) is 0 Å². The highest BCUT2D eigenvalue weighted by molar-refractivity contribution is 8.00. The molecule has 3 N–H and O–H groups in total. The minimum atomic E-state index is -0.209. The van der Waals surface area contributed by atoms with Crippen LogP contribution in [0.25, 0.3) is 22.3 Å². The number of carbonyl (C=O) groups excluding carboxylic acids is 1. The van der Waals surface area contributed by atoms with Crippen LogP contribution < -0.4 is 11.1 Å². The molecule has 1 amide bonds. The van der Waals surface area contributed by atoms with Gasteiger partial charge in [0.2, 0.25) is 5.91 Å². The maximum atomic E-state index is 11.8. The highest BCUT2D eigenvalue weighted by Crippen LogP contribution is 2.49. The monoisotopic (exact) mass is 368 g/mol. The Balaban J connectivity index is 1.91. The van der Waals surface area contributed by atoms with Crippen LogP contribution in [0, 0.1) is 0 Å². The van der Waals surface area contributed by atoms with Crippen molar-refractivity contribution in [3.63, 3.8) is 0 Å². The zero-order valence-corrected chi connectivity index (χ0v) is 15.5. The van der Waals surface area contributed by atoms with Gasteiger partial charge in [-0.3, -0.25) is 14.5 Å². The Labute approximate surface area is 155 Å². The molecule has 0 saturated heterocycles. The smallest absolute Gasteiger partial charge is 0.238 e. The minimum absolute atomic E-state index is 0.0464. The Kier molecular flexibility index (Phi) is 4.39. The second-order valence-corrected chi connectivity index (χ2v) is 7.47. The van der Waals surface area contributed by atoms with Gasteiger partial charge in [0.25, 0.3) is 0 Å². The quantitative estimate of drug-likeness (QED) is 0.560. The molecule has 8 heteroatoms. The van der Waals surface area contributed by atoms with Crippen LogP contribution in [0.4, 0.5) is 5.69 Å². The molecular weight excluding hydrogens is 348 g/mol. The van der Waals surface area contributed by atoms with E-state index in [9.17, 15) is 4.79 Å². The van der Waals surface area contributed by atoms with E-state index in [4.69, 9.17) is 10.8 Å². The maximum absolute atomic E-state index is 11.8. The van der Waals surface area contributed by atoms with Crippen LogP contribution in [-0.4, -0.2) is 52.8 Å². The number of pyridine rings is 1. The Morgan fingerprint density at radius 1 is 1.31 bits per heavy atom. The number of aromatic nitrogens is 3. The van der Waals surface area contributed by atoms with E-state index in [0.717, 1.165) is 50.9 Å². The van der Waals surface area contributed by atoms with Gasteiger partial charge in [-0.05, 0) is 38.4 Å². The van der Waals surface area contributed by atoms with Crippen molar-refractivity contribution >= 4 is 34.3 Å². The SMILES string of the molecule is CN(C)CCn1nc2c3c(c(NC(=O)CN)ccc31)Sc1cccnc1-2. The molecule has 7 nitrogen and oxygen atoms in total. The molecule has 4 rings (SSSR count). The zero-order chi connectivity index (χ0) is 18.3. The van der Waals surface area contributed by atoms with Crippen molar-refractivity contribution in [1.29, 1.82) is 0 Å². The third kappa shape index (κ3) is 2.86. The second-order valence-electron chi connectivity index (χ2n) is 6.42. The van der Waals surface area contributed by atoms with Crippen molar-refractivity contribution in [3.05, 3.63) is 30.5 Å². The normalized spacial score (nSPS) is 12.5. The molecule has 1 aliphatic heterocycles. The fourth-order valence-electron chi connectivity index (χ4n) is 3.04. The average molecular weight is 368 g/mol. The van der Waals surface area contributed by atoms with Gasteiger partial charge in [0, 0.05) is 27.9 Å². The van der Waals surface area contributed by atoms with Gasteiger partial charge in [-0.1, -0.05) is 11.8 Å². The van der Waals surface area contributed by atoms with Crippen LogP contribution >= 0.6 is 11.8 Å². The molecule has 0 saturated carbocycles. The van der Waals surface area contributed by atoms with E-state index in [-0.39, 0.29) is 12.5 Å². The van der Waals surface area contributed by atoms with Gasteiger partial charge in [0.05, 0.1) is 24.3 Å². The largest absolute Gasteiger partial charge is 0.324 e. The van der Waals surface area contributed by atoms with Crippen LogP contribution in [0.5, 0.6) is 0 Å². The Bertz CT molecular complexity index is 997. The van der Waals surface area contributed by atoms with E-state index < -0.39 is 0 Å². The molecule has 0 radical (unpaired) electrons. The summed E-state index contributed by atoms with van der Waals surface area (Å²) < 4.78 is 2.02. The summed E-state index contributed by atoms with van der Waals surface area (Å²) in [5.41, 5.74) is 9.04.